The molecule has 25 heavy (non-hydrogen) atoms. The number of hydrogen-bond acceptors (Lipinski definition) is 3. The molecule has 0 unspecified atom stereocenters. The van der Waals surface area contributed by atoms with Crippen molar-refractivity contribution >= 4 is 10.9 Å². The van der Waals surface area contributed by atoms with Gasteiger partial charge in [0.15, 0.2) is 5.35 Å². The molecule has 5 nitrogen and oxygen atoms in total. The van der Waals surface area contributed by atoms with Gasteiger partial charge in [-0.15, -0.1) is 0 Å². The molecule has 0 aliphatic carbocycles. The summed E-state index contributed by atoms with van der Waals surface area (Å²) in [6.07, 6.45) is 0.854. The molecular formula is C20H15N3O2. The molecule has 0 fully saturated rings. The lowest BCUT2D eigenvalue weighted by atomic mass is 10.0. The maximum absolute atomic E-state index is 12.7. The molecule has 122 valence electrons. The number of aromatic nitrogens is 3. The number of rotatable bonds is 1. The first-order valence-corrected chi connectivity index (χ1v) is 8.27. The Morgan fingerprint density at radius 1 is 0.960 bits per heavy atom. The van der Waals surface area contributed by atoms with E-state index in [2.05, 4.69) is 6.07 Å². The monoisotopic (exact) mass is 329 g/mol. The maximum Gasteiger partial charge on any atom is 0.281 e. The molecule has 2 aromatic carbocycles. The van der Waals surface area contributed by atoms with E-state index in [1.54, 1.807) is 0 Å². The second kappa shape index (κ2) is 4.89. The van der Waals surface area contributed by atoms with Crippen LogP contribution >= 0.6 is 0 Å². The minimum Gasteiger partial charge on any atom is -0.334 e. The molecule has 3 heterocycles. The first-order valence-electron chi connectivity index (χ1n) is 8.27. The fraction of sp³-hybridized carbons (Fsp3) is 0.150. The Labute approximate surface area is 142 Å². The van der Waals surface area contributed by atoms with E-state index < -0.39 is 0 Å². The van der Waals surface area contributed by atoms with Gasteiger partial charge in [-0.1, -0.05) is 48.5 Å². The van der Waals surface area contributed by atoms with Gasteiger partial charge < -0.3 is 4.57 Å². The molecular weight excluding hydrogens is 314 g/mol. The van der Waals surface area contributed by atoms with Crippen LogP contribution in [0, 0.1) is 10.7 Å². The minimum absolute atomic E-state index is 0.246. The lowest BCUT2D eigenvalue weighted by molar-refractivity contribution is 0.733. The summed E-state index contributed by atoms with van der Waals surface area (Å²) in [5.74, 6) is 0. The Morgan fingerprint density at radius 3 is 2.56 bits per heavy atom. The number of benzene rings is 2. The molecule has 0 saturated heterocycles. The highest BCUT2D eigenvalue weighted by Crippen LogP contribution is 2.31. The van der Waals surface area contributed by atoms with E-state index >= 15 is 0 Å². The van der Waals surface area contributed by atoms with Gasteiger partial charge in [-0.2, -0.15) is 0 Å². The molecule has 0 aromatic heterocycles. The SMILES string of the molecule is Cn1c(=O)c2nc(-c3ccccc3)c3cccc4c3n(c=2c1=O)CC4. The summed E-state index contributed by atoms with van der Waals surface area (Å²) in [5.41, 5.74) is 3.25. The molecule has 3 aliphatic rings. The number of aryl methyl sites for hydroxylation is 2. The van der Waals surface area contributed by atoms with Gasteiger partial charge in [0.25, 0.3) is 11.1 Å². The van der Waals surface area contributed by atoms with E-state index in [0.717, 1.165) is 33.1 Å². The van der Waals surface area contributed by atoms with Crippen molar-refractivity contribution in [2.75, 3.05) is 0 Å². The summed E-state index contributed by atoms with van der Waals surface area (Å²) in [7, 11) is 1.51. The van der Waals surface area contributed by atoms with Crippen molar-refractivity contribution in [2.45, 2.75) is 13.0 Å². The summed E-state index contributed by atoms with van der Waals surface area (Å²) < 4.78 is 3.13. The van der Waals surface area contributed by atoms with E-state index in [-0.39, 0.29) is 16.5 Å². The summed E-state index contributed by atoms with van der Waals surface area (Å²) in [6.45, 7) is 0.690. The van der Waals surface area contributed by atoms with Crippen LogP contribution in [0.4, 0.5) is 0 Å². The predicted molar refractivity (Wildman–Crippen MR) is 95.7 cm³/mol. The van der Waals surface area contributed by atoms with Crippen molar-refractivity contribution in [3.05, 3.63) is 85.5 Å². The average Bonchev–Trinajstić information content (AvgIpc) is 3.10. The molecule has 2 aromatic rings. The number of nitrogens with zero attached hydrogens (tertiary/aromatic N) is 3. The van der Waals surface area contributed by atoms with Crippen LogP contribution in [0.25, 0.3) is 22.2 Å². The van der Waals surface area contributed by atoms with Gasteiger partial charge in [0.1, 0.15) is 5.35 Å². The Bertz CT molecular complexity index is 1330. The molecule has 5 heteroatoms. The van der Waals surface area contributed by atoms with E-state index in [0.29, 0.717) is 11.9 Å². The second-order valence-electron chi connectivity index (χ2n) is 6.41. The molecule has 3 aliphatic heterocycles. The molecule has 0 atom stereocenters. The zero-order valence-electron chi connectivity index (χ0n) is 13.7. The van der Waals surface area contributed by atoms with E-state index in [1.807, 2.05) is 47.0 Å². The topological polar surface area (TPSA) is 56.9 Å². The average molecular weight is 329 g/mol. The van der Waals surface area contributed by atoms with Crippen molar-refractivity contribution in [2.24, 2.45) is 7.05 Å². The van der Waals surface area contributed by atoms with Crippen molar-refractivity contribution in [1.82, 2.24) is 14.1 Å². The van der Waals surface area contributed by atoms with Crippen molar-refractivity contribution < 1.29 is 0 Å². The van der Waals surface area contributed by atoms with E-state index in [1.165, 1.54) is 12.6 Å². The van der Waals surface area contributed by atoms with Crippen LogP contribution in [0.2, 0.25) is 0 Å². The van der Waals surface area contributed by atoms with Crippen LogP contribution in [-0.4, -0.2) is 14.1 Å². The molecule has 0 N–H and O–H groups in total. The Balaban J connectivity index is 2.16. The van der Waals surface area contributed by atoms with Gasteiger partial charge in [0, 0.05) is 24.5 Å². The van der Waals surface area contributed by atoms with Crippen LogP contribution in [0.3, 0.4) is 0 Å². The van der Waals surface area contributed by atoms with Crippen molar-refractivity contribution in [3.63, 3.8) is 0 Å². The third kappa shape index (κ3) is 1.80. The Hall–Kier alpha value is -3.21. The predicted octanol–water partition coefficient (Wildman–Crippen LogP) is 2.04. The third-order valence-electron chi connectivity index (χ3n) is 5.03. The molecule has 0 spiro atoms. The fourth-order valence-electron chi connectivity index (χ4n) is 3.82. The van der Waals surface area contributed by atoms with Gasteiger partial charge >= 0.3 is 0 Å². The highest BCUT2D eigenvalue weighted by molar-refractivity contribution is 5.94. The Morgan fingerprint density at radius 2 is 1.76 bits per heavy atom. The van der Waals surface area contributed by atoms with Crippen LogP contribution in [-0.2, 0) is 20.0 Å². The standard InChI is InChI=1S/C20H15N3O2/c1-22-19(24)16-18(20(22)25)23-11-10-13-8-5-9-14(17(13)23)15(21-16)12-6-3-2-4-7-12/h2-9H,10-11H2,1H3. The van der Waals surface area contributed by atoms with Gasteiger partial charge in [0.05, 0.1) is 11.2 Å². The largest absolute Gasteiger partial charge is 0.334 e. The smallest absolute Gasteiger partial charge is 0.281 e. The van der Waals surface area contributed by atoms with Crippen LogP contribution in [0.15, 0.2) is 58.1 Å². The third-order valence-corrected chi connectivity index (χ3v) is 5.03. The van der Waals surface area contributed by atoms with Crippen molar-refractivity contribution in [3.8, 4) is 11.3 Å². The van der Waals surface area contributed by atoms with Crippen LogP contribution < -0.4 is 11.1 Å². The van der Waals surface area contributed by atoms with Crippen LogP contribution in [0.5, 0.6) is 0 Å². The van der Waals surface area contributed by atoms with Gasteiger partial charge in [-0.25, -0.2) is 4.98 Å². The lowest BCUT2D eigenvalue weighted by Gasteiger charge is -2.04. The molecule has 0 amide bonds. The Kier molecular flexibility index (Phi) is 2.77. The summed E-state index contributed by atoms with van der Waals surface area (Å²) >= 11 is 0. The molecule has 5 rings (SSSR count). The lowest BCUT2D eigenvalue weighted by Crippen LogP contribution is -2.23. The molecule has 0 saturated carbocycles. The zero-order chi connectivity index (χ0) is 17.1. The van der Waals surface area contributed by atoms with Crippen LogP contribution in [0.1, 0.15) is 5.56 Å². The fourth-order valence-corrected chi connectivity index (χ4v) is 3.82. The van der Waals surface area contributed by atoms with E-state index in [9.17, 15) is 9.59 Å². The first-order chi connectivity index (χ1) is 12.2. The first kappa shape index (κ1) is 14.2. The van der Waals surface area contributed by atoms with E-state index in [4.69, 9.17) is 4.98 Å². The van der Waals surface area contributed by atoms with Crippen molar-refractivity contribution in [1.29, 1.82) is 0 Å². The highest BCUT2D eigenvalue weighted by atomic mass is 16.2. The zero-order valence-corrected chi connectivity index (χ0v) is 13.7. The quantitative estimate of drug-likeness (QED) is 0.537. The van der Waals surface area contributed by atoms with Gasteiger partial charge in [-0.05, 0) is 12.0 Å². The highest BCUT2D eigenvalue weighted by Gasteiger charge is 2.21. The van der Waals surface area contributed by atoms with Gasteiger partial charge in [0.2, 0.25) is 0 Å². The summed E-state index contributed by atoms with van der Waals surface area (Å²) in [6, 6.07) is 15.9. The number of para-hydroxylation sites is 1. The number of fused-ring (bicyclic) bond motifs is 1. The number of hydrogen-bond donors (Lipinski definition) is 0. The van der Waals surface area contributed by atoms with Gasteiger partial charge in [-0.3, -0.25) is 14.2 Å². The normalized spacial score (nSPS) is 13.0. The summed E-state index contributed by atoms with van der Waals surface area (Å²) in [4.78, 5) is 30.0. The summed E-state index contributed by atoms with van der Waals surface area (Å²) in [5, 5.41) is 1.62. The molecule has 0 bridgehead atoms. The minimum atomic E-state index is -0.338. The second-order valence-corrected chi connectivity index (χ2v) is 6.41. The molecule has 0 radical (unpaired) electrons. The maximum atomic E-state index is 12.7.